The van der Waals surface area contributed by atoms with E-state index in [1.165, 1.54) is 18.5 Å². The van der Waals surface area contributed by atoms with Crippen LogP contribution in [0.4, 0.5) is 16.0 Å². The van der Waals surface area contributed by atoms with Crippen LogP contribution < -0.4 is 10.2 Å². The van der Waals surface area contributed by atoms with Gasteiger partial charge in [0.15, 0.2) is 0 Å². The summed E-state index contributed by atoms with van der Waals surface area (Å²) in [6.07, 6.45) is 5.50. The van der Waals surface area contributed by atoms with E-state index in [4.69, 9.17) is 4.98 Å². The average molecular weight is 416 g/mol. The number of imidazole rings is 1. The molecule has 4 heterocycles. The topological polar surface area (TPSA) is 75.4 Å². The van der Waals surface area contributed by atoms with Crippen LogP contribution in [0.2, 0.25) is 0 Å². The molecule has 0 bridgehead atoms. The van der Waals surface area contributed by atoms with Crippen molar-refractivity contribution in [3.8, 4) is 11.3 Å². The number of amides is 1. The Morgan fingerprint density at radius 1 is 1.10 bits per heavy atom. The minimum absolute atomic E-state index is 0.282. The zero-order valence-electron chi connectivity index (χ0n) is 17.0. The highest BCUT2D eigenvalue weighted by Gasteiger charge is 2.20. The molecule has 0 unspecified atom stereocenters. The summed E-state index contributed by atoms with van der Waals surface area (Å²) in [7, 11) is 0. The molecule has 1 aromatic carbocycles. The number of hydrogen-bond acceptors (Lipinski definition) is 5. The van der Waals surface area contributed by atoms with Crippen molar-refractivity contribution in [2.45, 2.75) is 19.8 Å². The Balaban J connectivity index is 1.54. The van der Waals surface area contributed by atoms with Crippen molar-refractivity contribution in [3.05, 3.63) is 72.1 Å². The van der Waals surface area contributed by atoms with Gasteiger partial charge in [-0.25, -0.2) is 19.3 Å². The largest absolute Gasteiger partial charge is 0.357 e. The van der Waals surface area contributed by atoms with Gasteiger partial charge in [0.05, 0.1) is 0 Å². The van der Waals surface area contributed by atoms with Gasteiger partial charge in [-0.15, -0.1) is 0 Å². The van der Waals surface area contributed by atoms with Crippen LogP contribution in [0.5, 0.6) is 0 Å². The first-order chi connectivity index (χ1) is 15.1. The molecule has 0 aliphatic carbocycles. The van der Waals surface area contributed by atoms with E-state index in [9.17, 15) is 9.18 Å². The summed E-state index contributed by atoms with van der Waals surface area (Å²) in [5.74, 6) is 0.585. The summed E-state index contributed by atoms with van der Waals surface area (Å²) in [6, 6.07) is 11.6. The third kappa shape index (κ3) is 3.61. The molecule has 0 atom stereocenters. The molecular formula is C23H21FN6O. The first kappa shape index (κ1) is 19.2. The Morgan fingerprint density at radius 2 is 1.87 bits per heavy atom. The van der Waals surface area contributed by atoms with Crippen molar-refractivity contribution in [1.82, 2.24) is 19.4 Å². The van der Waals surface area contributed by atoms with Crippen LogP contribution >= 0.6 is 0 Å². The number of carbonyl (C=O) groups excluding carboxylic acids is 1. The zero-order chi connectivity index (χ0) is 21.4. The van der Waals surface area contributed by atoms with Gasteiger partial charge < -0.3 is 10.2 Å². The molecule has 8 heteroatoms. The monoisotopic (exact) mass is 416 g/mol. The van der Waals surface area contributed by atoms with Crippen molar-refractivity contribution in [3.63, 3.8) is 0 Å². The number of benzene rings is 1. The SMILES string of the molecule is Cc1cccn2c(NC(=O)c3cc(N4CCCC4)ncn3)c(-c3ccc(F)cc3)nc12. The van der Waals surface area contributed by atoms with E-state index in [0.717, 1.165) is 43.0 Å². The predicted molar refractivity (Wildman–Crippen MR) is 117 cm³/mol. The van der Waals surface area contributed by atoms with Gasteiger partial charge in [0, 0.05) is 30.9 Å². The van der Waals surface area contributed by atoms with Gasteiger partial charge in [0.1, 0.15) is 40.8 Å². The molecule has 1 fully saturated rings. The molecule has 0 saturated carbocycles. The van der Waals surface area contributed by atoms with Crippen molar-refractivity contribution >= 4 is 23.2 Å². The lowest BCUT2D eigenvalue weighted by molar-refractivity contribution is 0.102. The molecule has 1 aliphatic rings. The second-order valence-corrected chi connectivity index (χ2v) is 7.61. The third-order valence-electron chi connectivity index (χ3n) is 5.51. The maximum atomic E-state index is 13.5. The molecule has 1 N–H and O–H groups in total. The zero-order valence-corrected chi connectivity index (χ0v) is 17.0. The predicted octanol–water partition coefficient (Wildman–Crippen LogP) is 4.09. The first-order valence-corrected chi connectivity index (χ1v) is 10.2. The number of nitrogens with one attached hydrogen (secondary N) is 1. The molecule has 1 saturated heterocycles. The summed E-state index contributed by atoms with van der Waals surface area (Å²) in [5, 5.41) is 2.97. The summed E-state index contributed by atoms with van der Waals surface area (Å²) in [5.41, 5.74) is 3.24. The number of nitrogens with zero attached hydrogens (tertiary/aromatic N) is 5. The van der Waals surface area contributed by atoms with Crippen molar-refractivity contribution in [1.29, 1.82) is 0 Å². The number of halogens is 1. The molecule has 3 aromatic heterocycles. The molecule has 0 radical (unpaired) electrons. The number of aryl methyl sites for hydroxylation is 1. The van der Waals surface area contributed by atoms with Gasteiger partial charge in [0.2, 0.25) is 0 Å². The lowest BCUT2D eigenvalue weighted by Gasteiger charge is -2.16. The summed E-state index contributed by atoms with van der Waals surface area (Å²) in [6.45, 7) is 3.81. The van der Waals surface area contributed by atoms with Crippen LogP contribution in [0.1, 0.15) is 28.9 Å². The van der Waals surface area contributed by atoms with Crippen molar-refractivity contribution in [2.24, 2.45) is 0 Å². The van der Waals surface area contributed by atoms with E-state index in [1.807, 2.05) is 29.7 Å². The maximum absolute atomic E-state index is 13.5. The molecule has 1 amide bonds. The summed E-state index contributed by atoms with van der Waals surface area (Å²) >= 11 is 0. The minimum Gasteiger partial charge on any atom is -0.357 e. The third-order valence-corrected chi connectivity index (χ3v) is 5.51. The van der Waals surface area contributed by atoms with Crippen LogP contribution in [0.25, 0.3) is 16.9 Å². The highest BCUT2D eigenvalue weighted by Crippen LogP contribution is 2.30. The number of hydrogen-bond donors (Lipinski definition) is 1. The Labute approximate surface area is 178 Å². The summed E-state index contributed by atoms with van der Waals surface area (Å²) in [4.78, 5) is 28.5. The molecule has 4 aromatic rings. The number of anilines is 2. The second-order valence-electron chi connectivity index (χ2n) is 7.61. The molecular weight excluding hydrogens is 395 g/mol. The van der Waals surface area contributed by atoms with Crippen LogP contribution in [-0.2, 0) is 0 Å². The van der Waals surface area contributed by atoms with E-state index < -0.39 is 0 Å². The lowest BCUT2D eigenvalue weighted by atomic mass is 10.1. The number of pyridine rings is 1. The van der Waals surface area contributed by atoms with Crippen LogP contribution in [-0.4, -0.2) is 38.3 Å². The molecule has 156 valence electrons. The fraction of sp³-hybridized carbons (Fsp3) is 0.217. The van der Waals surface area contributed by atoms with E-state index in [2.05, 4.69) is 20.2 Å². The molecule has 31 heavy (non-hydrogen) atoms. The van der Waals surface area contributed by atoms with Crippen molar-refractivity contribution in [2.75, 3.05) is 23.3 Å². The van der Waals surface area contributed by atoms with E-state index in [-0.39, 0.29) is 17.4 Å². The maximum Gasteiger partial charge on any atom is 0.275 e. The molecule has 7 nitrogen and oxygen atoms in total. The number of carbonyl (C=O) groups is 1. The van der Waals surface area contributed by atoms with Gasteiger partial charge in [0.25, 0.3) is 5.91 Å². The van der Waals surface area contributed by atoms with E-state index >= 15 is 0 Å². The fourth-order valence-corrected chi connectivity index (χ4v) is 3.89. The van der Waals surface area contributed by atoms with Crippen molar-refractivity contribution < 1.29 is 9.18 Å². The normalized spacial score (nSPS) is 13.7. The standard InChI is InChI=1S/C23H21FN6O/c1-15-5-4-12-30-21(15)27-20(16-6-8-17(24)9-7-16)22(30)28-23(31)18-13-19(26-14-25-18)29-10-2-3-11-29/h4-9,12-14H,2-3,10-11H2,1H3,(H,28,31). The van der Waals surface area contributed by atoms with Gasteiger partial charge in [-0.3, -0.25) is 9.20 Å². The Kier molecular flexibility index (Phi) is 4.82. The van der Waals surface area contributed by atoms with Crippen LogP contribution in [0.15, 0.2) is 55.0 Å². The summed E-state index contributed by atoms with van der Waals surface area (Å²) < 4.78 is 15.3. The number of aromatic nitrogens is 4. The Morgan fingerprint density at radius 3 is 2.65 bits per heavy atom. The van der Waals surface area contributed by atoms with Gasteiger partial charge >= 0.3 is 0 Å². The van der Waals surface area contributed by atoms with Gasteiger partial charge in [-0.2, -0.15) is 0 Å². The highest BCUT2D eigenvalue weighted by atomic mass is 19.1. The average Bonchev–Trinajstić information content (AvgIpc) is 3.44. The molecule has 1 aliphatic heterocycles. The minimum atomic E-state index is -0.352. The quantitative estimate of drug-likeness (QED) is 0.542. The van der Waals surface area contributed by atoms with E-state index in [0.29, 0.717) is 17.1 Å². The highest BCUT2D eigenvalue weighted by molar-refractivity contribution is 6.05. The lowest BCUT2D eigenvalue weighted by Crippen LogP contribution is -2.21. The van der Waals surface area contributed by atoms with Crippen LogP contribution in [0.3, 0.4) is 0 Å². The Hall–Kier alpha value is -3.81. The van der Waals surface area contributed by atoms with Gasteiger partial charge in [-0.05, 0) is 55.7 Å². The first-order valence-electron chi connectivity index (χ1n) is 10.2. The number of rotatable bonds is 4. The van der Waals surface area contributed by atoms with E-state index in [1.54, 1.807) is 18.2 Å². The molecule has 0 spiro atoms. The van der Waals surface area contributed by atoms with Crippen LogP contribution in [0, 0.1) is 12.7 Å². The second kappa shape index (κ2) is 7.79. The number of fused-ring (bicyclic) bond motifs is 1. The molecule has 5 rings (SSSR count). The smallest absolute Gasteiger partial charge is 0.275 e. The van der Waals surface area contributed by atoms with Gasteiger partial charge in [-0.1, -0.05) is 6.07 Å². The Bertz CT molecular complexity index is 1260. The fourth-order valence-electron chi connectivity index (χ4n) is 3.89.